The first-order valence-corrected chi connectivity index (χ1v) is 7.82. The molecule has 7 nitrogen and oxygen atoms in total. The fraction of sp³-hybridized carbons (Fsp3) is 0.167. The van der Waals surface area contributed by atoms with Crippen molar-refractivity contribution in [2.24, 2.45) is 0 Å². The van der Waals surface area contributed by atoms with Crippen LogP contribution in [0.5, 0.6) is 5.75 Å². The zero-order chi connectivity index (χ0) is 17.4. The first-order valence-electron chi connectivity index (χ1n) is 7.82. The van der Waals surface area contributed by atoms with E-state index in [-0.39, 0.29) is 12.4 Å². The molecule has 0 aliphatic carbocycles. The maximum absolute atomic E-state index is 12.1. The van der Waals surface area contributed by atoms with Crippen molar-refractivity contribution in [1.29, 1.82) is 0 Å². The number of fused-ring (bicyclic) bond motifs is 2. The number of ketones is 1. The number of aromatic nitrogens is 2. The van der Waals surface area contributed by atoms with E-state index in [2.05, 4.69) is 15.3 Å². The molecular weight excluding hydrogens is 322 g/mol. The number of aromatic amines is 1. The summed E-state index contributed by atoms with van der Waals surface area (Å²) in [6.45, 7) is 1.77. The van der Waals surface area contributed by atoms with Crippen LogP contribution in [0.25, 0.3) is 11.0 Å². The number of benzene rings is 2. The lowest BCUT2D eigenvalue weighted by Gasteiger charge is -2.12. The second kappa shape index (κ2) is 5.94. The lowest BCUT2D eigenvalue weighted by molar-refractivity contribution is 0.0960. The number of rotatable bonds is 3. The predicted octanol–water partition coefficient (Wildman–Crippen LogP) is 3.45. The summed E-state index contributed by atoms with van der Waals surface area (Å²) in [6.07, 6.45) is -1.17. The molecule has 2 aromatic carbocycles. The molecular formula is C18H15N3O4. The lowest BCUT2D eigenvalue weighted by atomic mass is 10.1. The summed E-state index contributed by atoms with van der Waals surface area (Å²) in [4.78, 5) is 31.3. The van der Waals surface area contributed by atoms with E-state index in [0.717, 1.165) is 11.0 Å². The molecule has 0 saturated carbocycles. The van der Waals surface area contributed by atoms with Gasteiger partial charge in [-0.05, 0) is 37.3 Å². The molecule has 0 radical (unpaired) electrons. The summed E-state index contributed by atoms with van der Waals surface area (Å²) in [5.41, 5.74) is 2.62. The number of carbonyl (C=O) groups excluding carboxylic acids is 2. The predicted molar refractivity (Wildman–Crippen MR) is 90.9 cm³/mol. The maximum atomic E-state index is 12.1. The second-order valence-corrected chi connectivity index (χ2v) is 5.73. The van der Waals surface area contributed by atoms with E-state index in [9.17, 15) is 9.59 Å². The first kappa shape index (κ1) is 15.2. The highest BCUT2D eigenvalue weighted by molar-refractivity contribution is 6.03. The standard InChI is InChI=1S/C18H15N3O4/c1-10(17-20-13-4-2-3-5-14(13)21-17)25-18(23)19-11-6-7-16-12(8-11)15(22)9-24-16/h2-8,10H,9H2,1H3,(H,19,23)(H,20,21). The minimum absolute atomic E-state index is 0.0340. The Labute approximate surface area is 143 Å². The van der Waals surface area contributed by atoms with Gasteiger partial charge in [0.25, 0.3) is 0 Å². The van der Waals surface area contributed by atoms with Gasteiger partial charge in [-0.3, -0.25) is 10.1 Å². The van der Waals surface area contributed by atoms with E-state index in [1.54, 1.807) is 25.1 Å². The van der Waals surface area contributed by atoms with Crippen molar-refractivity contribution in [2.45, 2.75) is 13.0 Å². The number of anilines is 1. The summed E-state index contributed by atoms with van der Waals surface area (Å²) in [7, 11) is 0. The van der Waals surface area contributed by atoms with E-state index in [1.807, 2.05) is 24.3 Å². The number of nitrogens with one attached hydrogen (secondary N) is 2. The van der Waals surface area contributed by atoms with Gasteiger partial charge in [0, 0.05) is 5.69 Å². The van der Waals surface area contributed by atoms with Gasteiger partial charge in [0.15, 0.2) is 12.7 Å². The van der Waals surface area contributed by atoms with Gasteiger partial charge in [0.1, 0.15) is 11.6 Å². The van der Waals surface area contributed by atoms with Crippen LogP contribution in [0.15, 0.2) is 42.5 Å². The van der Waals surface area contributed by atoms with Crippen molar-refractivity contribution in [3.05, 3.63) is 53.9 Å². The summed E-state index contributed by atoms with van der Waals surface area (Å²) >= 11 is 0. The fourth-order valence-electron chi connectivity index (χ4n) is 2.70. The number of hydrogen-bond acceptors (Lipinski definition) is 5. The number of hydrogen-bond donors (Lipinski definition) is 2. The summed E-state index contributed by atoms with van der Waals surface area (Å²) in [5.74, 6) is 0.983. The topological polar surface area (TPSA) is 93.3 Å². The van der Waals surface area contributed by atoms with Crippen LogP contribution >= 0.6 is 0 Å². The third kappa shape index (κ3) is 2.91. The Bertz CT molecular complexity index is 946. The number of ether oxygens (including phenoxy) is 2. The van der Waals surface area contributed by atoms with E-state index in [4.69, 9.17) is 9.47 Å². The Morgan fingerprint density at radius 3 is 3.00 bits per heavy atom. The molecule has 1 aliphatic heterocycles. The molecule has 2 heterocycles. The zero-order valence-corrected chi connectivity index (χ0v) is 13.4. The number of imidazole rings is 1. The number of Topliss-reactive ketones (excluding diaryl/α,β-unsaturated/α-hetero) is 1. The Balaban J connectivity index is 1.45. The van der Waals surface area contributed by atoms with Gasteiger partial charge in [-0.1, -0.05) is 12.1 Å². The molecule has 7 heteroatoms. The Morgan fingerprint density at radius 2 is 2.16 bits per heavy atom. The van der Waals surface area contributed by atoms with Crippen LogP contribution in [-0.4, -0.2) is 28.5 Å². The minimum atomic E-state index is -0.626. The number of para-hydroxylation sites is 2. The van der Waals surface area contributed by atoms with Gasteiger partial charge >= 0.3 is 6.09 Å². The van der Waals surface area contributed by atoms with Crippen LogP contribution < -0.4 is 10.1 Å². The van der Waals surface area contributed by atoms with E-state index in [0.29, 0.717) is 22.8 Å². The van der Waals surface area contributed by atoms with Gasteiger partial charge in [0.2, 0.25) is 5.78 Å². The van der Waals surface area contributed by atoms with Gasteiger partial charge in [0.05, 0.1) is 16.6 Å². The third-order valence-electron chi connectivity index (χ3n) is 3.96. The Morgan fingerprint density at radius 1 is 1.32 bits per heavy atom. The maximum Gasteiger partial charge on any atom is 0.412 e. The van der Waals surface area contributed by atoms with Crippen LogP contribution in [0.3, 0.4) is 0 Å². The molecule has 4 rings (SSSR count). The SMILES string of the molecule is CC(OC(=O)Nc1ccc2c(c1)C(=O)CO2)c1nc2ccccc2[nH]1. The molecule has 0 spiro atoms. The molecule has 0 saturated heterocycles. The smallest absolute Gasteiger partial charge is 0.412 e. The van der Waals surface area contributed by atoms with Crippen LogP contribution in [-0.2, 0) is 4.74 Å². The van der Waals surface area contributed by atoms with E-state index < -0.39 is 12.2 Å². The van der Waals surface area contributed by atoms with Crippen molar-refractivity contribution in [2.75, 3.05) is 11.9 Å². The second-order valence-electron chi connectivity index (χ2n) is 5.73. The summed E-state index contributed by atoms with van der Waals surface area (Å²) in [6, 6.07) is 12.5. The van der Waals surface area contributed by atoms with E-state index in [1.165, 1.54) is 0 Å². The van der Waals surface area contributed by atoms with Gasteiger partial charge in [-0.2, -0.15) is 0 Å². The van der Waals surface area contributed by atoms with E-state index >= 15 is 0 Å². The molecule has 0 bridgehead atoms. The Kier molecular flexibility index (Phi) is 3.61. The van der Waals surface area contributed by atoms with Crippen LogP contribution in [0.1, 0.15) is 29.2 Å². The van der Waals surface area contributed by atoms with Crippen LogP contribution in [0.2, 0.25) is 0 Å². The average molecular weight is 337 g/mol. The van der Waals surface area contributed by atoms with Gasteiger partial charge in [-0.25, -0.2) is 9.78 Å². The summed E-state index contributed by atoms with van der Waals surface area (Å²) < 4.78 is 10.6. The number of amides is 1. The number of nitrogens with zero attached hydrogens (tertiary/aromatic N) is 1. The molecule has 1 unspecified atom stereocenters. The van der Waals surface area contributed by atoms with Crippen molar-refractivity contribution in [1.82, 2.24) is 9.97 Å². The van der Waals surface area contributed by atoms with Crippen molar-refractivity contribution < 1.29 is 19.1 Å². The highest BCUT2D eigenvalue weighted by Crippen LogP contribution is 2.28. The summed E-state index contributed by atoms with van der Waals surface area (Å²) in [5, 5.41) is 2.62. The number of H-pyrrole nitrogens is 1. The zero-order valence-electron chi connectivity index (χ0n) is 13.4. The normalized spacial score (nSPS) is 14.0. The largest absolute Gasteiger partial charge is 0.485 e. The first-order chi connectivity index (χ1) is 12.1. The third-order valence-corrected chi connectivity index (χ3v) is 3.96. The molecule has 25 heavy (non-hydrogen) atoms. The highest BCUT2D eigenvalue weighted by Gasteiger charge is 2.22. The minimum Gasteiger partial charge on any atom is -0.485 e. The highest BCUT2D eigenvalue weighted by atomic mass is 16.6. The monoisotopic (exact) mass is 337 g/mol. The molecule has 1 aliphatic rings. The quantitative estimate of drug-likeness (QED) is 0.763. The van der Waals surface area contributed by atoms with Crippen molar-refractivity contribution in [3.63, 3.8) is 0 Å². The molecule has 1 amide bonds. The van der Waals surface area contributed by atoms with Gasteiger partial charge < -0.3 is 14.5 Å². The van der Waals surface area contributed by atoms with Crippen molar-refractivity contribution >= 4 is 28.6 Å². The molecule has 0 fully saturated rings. The molecule has 1 aromatic heterocycles. The average Bonchev–Trinajstić information content (AvgIpc) is 3.19. The number of carbonyl (C=O) groups is 2. The van der Waals surface area contributed by atoms with Crippen molar-refractivity contribution in [3.8, 4) is 5.75 Å². The van der Waals surface area contributed by atoms with Gasteiger partial charge in [-0.15, -0.1) is 0 Å². The molecule has 1 atom stereocenters. The molecule has 126 valence electrons. The lowest BCUT2D eigenvalue weighted by Crippen LogP contribution is -2.16. The van der Waals surface area contributed by atoms with Crippen LogP contribution in [0.4, 0.5) is 10.5 Å². The fourth-order valence-corrected chi connectivity index (χ4v) is 2.70. The Hall–Kier alpha value is -3.35. The molecule has 3 aromatic rings. The molecule has 2 N–H and O–H groups in total. The van der Waals surface area contributed by atoms with Crippen LogP contribution in [0, 0.1) is 0 Å².